The first kappa shape index (κ1) is 7.13. The van der Waals surface area contributed by atoms with Gasteiger partial charge in [0.05, 0.1) is 0 Å². The summed E-state index contributed by atoms with van der Waals surface area (Å²) in [5.74, 6) is 0. The Balaban J connectivity index is 2.69. The third-order valence-electron chi connectivity index (χ3n) is 1.42. The van der Waals surface area contributed by atoms with Gasteiger partial charge in [0.1, 0.15) is 0 Å². The van der Waals surface area contributed by atoms with Gasteiger partial charge >= 0.3 is 0 Å². The molecule has 53 valence electrons. The van der Waals surface area contributed by atoms with E-state index in [0.717, 1.165) is 12.1 Å². The lowest BCUT2D eigenvalue weighted by molar-refractivity contribution is 1.14. The maximum absolute atomic E-state index is 5.51. The van der Waals surface area contributed by atoms with Crippen molar-refractivity contribution in [2.75, 3.05) is 5.73 Å². The third-order valence-corrected chi connectivity index (χ3v) is 1.42. The molecule has 2 N–H and O–H groups in total. The molecule has 0 heterocycles. The van der Waals surface area contributed by atoms with Crippen LogP contribution >= 0.6 is 0 Å². The lowest BCUT2D eigenvalue weighted by atomic mass is 10.1. The zero-order chi connectivity index (χ0) is 7.40. The summed E-state index contributed by atoms with van der Waals surface area (Å²) in [6.07, 6.45) is 3.16. The van der Waals surface area contributed by atoms with Crippen molar-refractivity contribution in [3.63, 3.8) is 0 Å². The van der Waals surface area contributed by atoms with Gasteiger partial charge in [0.15, 0.2) is 0 Å². The van der Waals surface area contributed by atoms with Crippen LogP contribution in [0.5, 0.6) is 0 Å². The molecule has 1 radical (unpaired) electrons. The zero-order valence-electron chi connectivity index (χ0n) is 6.17. The monoisotopic (exact) mass is 134 g/mol. The van der Waals surface area contributed by atoms with E-state index >= 15 is 0 Å². The van der Waals surface area contributed by atoms with E-state index < -0.39 is 0 Å². The van der Waals surface area contributed by atoms with Gasteiger partial charge < -0.3 is 5.73 Å². The Labute approximate surface area is 61.9 Å². The van der Waals surface area contributed by atoms with Crippen molar-refractivity contribution in [3.8, 4) is 0 Å². The summed E-state index contributed by atoms with van der Waals surface area (Å²) >= 11 is 0. The molecule has 0 saturated heterocycles. The molecular formula is C9H12N. The Morgan fingerprint density at radius 1 is 1.30 bits per heavy atom. The Morgan fingerprint density at radius 3 is 2.40 bits per heavy atom. The van der Waals surface area contributed by atoms with Crippen LogP contribution in [-0.2, 0) is 6.42 Å². The van der Waals surface area contributed by atoms with Crippen molar-refractivity contribution in [3.05, 3.63) is 36.2 Å². The molecule has 10 heavy (non-hydrogen) atoms. The number of rotatable bonds is 2. The van der Waals surface area contributed by atoms with Crippen LogP contribution in [-0.4, -0.2) is 0 Å². The van der Waals surface area contributed by atoms with Gasteiger partial charge in [-0.15, -0.1) is 0 Å². The molecule has 0 saturated carbocycles. The highest BCUT2D eigenvalue weighted by Gasteiger charge is 1.88. The summed E-state index contributed by atoms with van der Waals surface area (Å²) in [6.45, 7) is 2.05. The smallest absolute Gasteiger partial charge is 0.0314 e. The van der Waals surface area contributed by atoms with Crippen LogP contribution in [0.4, 0.5) is 5.69 Å². The van der Waals surface area contributed by atoms with Gasteiger partial charge in [0.2, 0.25) is 0 Å². The normalized spacial score (nSPS) is 9.70. The summed E-state index contributed by atoms with van der Waals surface area (Å²) in [7, 11) is 0. The third kappa shape index (κ3) is 1.76. The molecular weight excluding hydrogens is 122 g/mol. The largest absolute Gasteiger partial charge is 0.399 e. The molecule has 0 aliphatic rings. The van der Waals surface area contributed by atoms with Gasteiger partial charge in [-0.3, -0.25) is 0 Å². The minimum absolute atomic E-state index is 0.833. The predicted octanol–water partition coefficient (Wildman–Crippen LogP) is 2.04. The molecule has 1 rings (SSSR count). The second kappa shape index (κ2) is 3.25. The maximum Gasteiger partial charge on any atom is 0.0314 e. The van der Waals surface area contributed by atoms with E-state index in [1.165, 1.54) is 5.56 Å². The summed E-state index contributed by atoms with van der Waals surface area (Å²) in [5.41, 5.74) is 7.66. The predicted molar refractivity (Wildman–Crippen MR) is 44.5 cm³/mol. The average Bonchev–Trinajstić information content (AvgIpc) is 1.95. The molecule has 1 nitrogen and oxygen atoms in total. The van der Waals surface area contributed by atoms with Crippen molar-refractivity contribution in [2.45, 2.75) is 13.3 Å². The first-order chi connectivity index (χ1) is 4.83. The molecule has 1 heteroatoms. The van der Waals surface area contributed by atoms with Crippen molar-refractivity contribution in [1.82, 2.24) is 0 Å². The number of hydrogen-bond acceptors (Lipinski definition) is 1. The number of benzene rings is 1. The SMILES string of the molecule is C[CH]Cc1ccc(N)cc1. The van der Waals surface area contributed by atoms with Crippen LogP contribution in [0.1, 0.15) is 12.5 Å². The summed E-state index contributed by atoms with van der Waals surface area (Å²) < 4.78 is 0. The first-order valence-electron chi connectivity index (χ1n) is 3.45. The zero-order valence-corrected chi connectivity index (χ0v) is 6.17. The molecule has 0 aromatic heterocycles. The lowest BCUT2D eigenvalue weighted by Crippen LogP contribution is -1.86. The lowest BCUT2D eigenvalue weighted by Gasteiger charge is -1.97. The summed E-state index contributed by atoms with van der Waals surface area (Å²) in [4.78, 5) is 0. The Bertz CT molecular complexity index is 188. The molecule has 1 aromatic carbocycles. The molecule has 0 aliphatic carbocycles. The van der Waals surface area contributed by atoms with Gasteiger partial charge in [-0.1, -0.05) is 19.1 Å². The fourth-order valence-corrected chi connectivity index (χ4v) is 0.889. The molecule has 0 amide bonds. The number of nitrogen functional groups attached to an aromatic ring is 1. The van der Waals surface area contributed by atoms with Gasteiger partial charge in [0, 0.05) is 5.69 Å². The number of hydrogen-bond donors (Lipinski definition) is 1. The molecule has 1 aromatic rings. The van der Waals surface area contributed by atoms with Crippen LogP contribution in [0.15, 0.2) is 24.3 Å². The van der Waals surface area contributed by atoms with Crippen LogP contribution in [0.3, 0.4) is 0 Å². The van der Waals surface area contributed by atoms with Crippen molar-refractivity contribution in [2.24, 2.45) is 0 Å². The van der Waals surface area contributed by atoms with E-state index in [-0.39, 0.29) is 0 Å². The molecule has 0 unspecified atom stereocenters. The van der Waals surface area contributed by atoms with Crippen LogP contribution < -0.4 is 5.73 Å². The van der Waals surface area contributed by atoms with Crippen LogP contribution in [0.2, 0.25) is 0 Å². The highest BCUT2D eigenvalue weighted by Crippen LogP contribution is 2.06. The Hall–Kier alpha value is -0.980. The van der Waals surface area contributed by atoms with Crippen molar-refractivity contribution in [1.29, 1.82) is 0 Å². The van der Waals surface area contributed by atoms with Gasteiger partial charge in [-0.2, -0.15) is 0 Å². The van der Waals surface area contributed by atoms with E-state index in [1.807, 2.05) is 12.1 Å². The Kier molecular flexibility index (Phi) is 2.32. The summed E-state index contributed by atoms with van der Waals surface area (Å²) in [6, 6.07) is 7.96. The maximum atomic E-state index is 5.51. The van der Waals surface area contributed by atoms with Crippen molar-refractivity contribution >= 4 is 5.69 Å². The van der Waals surface area contributed by atoms with E-state index in [9.17, 15) is 0 Å². The van der Waals surface area contributed by atoms with Gasteiger partial charge in [-0.05, 0) is 30.5 Å². The van der Waals surface area contributed by atoms with E-state index in [1.54, 1.807) is 0 Å². The molecule has 0 atom stereocenters. The van der Waals surface area contributed by atoms with E-state index in [0.29, 0.717) is 0 Å². The van der Waals surface area contributed by atoms with Crippen LogP contribution in [0, 0.1) is 6.42 Å². The highest BCUT2D eigenvalue weighted by atomic mass is 14.5. The highest BCUT2D eigenvalue weighted by molar-refractivity contribution is 5.39. The van der Waals surface area contributed by atoms with Crippen LogP contribution in [0.25, 0.3) is 0 Å². The molecule has 0 bridgehead atoms. The Morgan fingerprint density at radius 2 is 1.90 bits per heavy atom. The van der Waals surface area contributed by atoms with Gasteiger partial charge in [0.25, 0.3) is 0 Å². The van der Waals surface area contributed by atoms with Gasteiger partial charge in [-0.25, -0.2) is 0 Å². The molecule has 0 aliphatic heterocycles. The minimum atomic E-state index is 0.833. The average molecular weight is 134 g/mol. The first-order valence-corrected chi connectivity index (χ1v) is 3.45. The second-order valence-corrected chi connectivity index (χ2v) is 2.35. The quantitative estimate of drug-likeness (QED) is 0.615. The van der Waals surface area contributed by atoms with Crippen molar-refractivity contribution < 1.29 is 0 Å². The fourth-order valence-electron chi connectivity index (χ4n) is 0.889. The summed E-state index contributed by atoms with van der Waals surface area (Å²) in [5, 5.41) is 0. The second-order valence-electron chi connectivity index (χ2n) is 2.35. The minimum Gasteiger partial charge on any atom is -0.399 e. The number of anilines is 1. The van der Waals surface area contributed by atoms with E-state index in [2.05, 4.69) is 25.5 Å². The number of nitrogens with two attached hydrogens (primary N) is 1. The fraction of sp³-hybridized carbons (Fsp3) is 0.222. The standard InChI is InChI=1S/C9H12N/c1-2-3-8-4-6-9(10)7-5-8/h2,4-7H,3,10H2,1H3. The molecule has 0 spiro atoms. The molecule has 0 fully saturated rings. The topological polar surface area (TPSA) is 26.0 Å². The van der Waals surface area contributed by atoms with E-state index in [4.69, 9.17) is 5.73 Å².